The number of ether oxygens (including phenoxy) is 2. The number of hydrogen-bond donors (Lipinski definition) is 2. The molecule has 0 spiro atoms. The molecule has 186 valence electrons. The van der Waals surface area contributed by atoms with Crippen molar-refractivity contribution in [2.24, 2.45) is 0 Å². The van der Waals surface area contributed by atoms with Crippen LogP contribution in [0.2, 0.25) is 5.04 Å². The van der Waals surface area contributed by atoms with Crippen LogP contribution in [0.1, 0.15) is 27.0 Å². The summed E-state index contributed by atoms with van der Waals surface area (Å²) in [6, 6.07) is 21.6. The number of aliphatic hydroxyl groups excluding tert-OH is 1. The highest BCUT2D eigenvalue weighted by molar-refractivity contribution is 6.99. The van der Waals surface area contributed by atoms with E-state index in [0.717, 1.165) is 10.4 Å². The van der Waals surface area contributed by atoms with Gasteiger partial charge in [-0.2, -0.15) is 0 Å². The Morgan fingerprint density at radius 2 is 1.57 bits per heavy atom. The van der Waals surface area contributed by atoms with Crippen LogP contribution in [0.4, 0.5) is 0 Å². The molecule has 2 aromatic carbocycles. The lowest BCUT2D eigenvalue weighted by atomic mass is 10.1. The van der Waals surface area contributed by atoms with Gasteiger partial charge in [0.25, 0.3) is 13.9 Å². The molecule has 0 amide bonds. The van der Waals surface area contributed by atoms with Crippen molar-refractivity contribution in [3.8, 4) is 0 Å². The Hall–Kier alpha value is -2.82. The maximum absolute atomic E-state index is 12.4. The van der Waals surface area contributed by atoms with Gasteiger partial charge < -0.3 is 19.0 Å². The zero-order valence-electron chi connectivity index (χ0n) is 20.4. The summed E-state index contributed by atoms with van der Waals surface area (Å²) in [6.45, 7) is 6.62. The van der Waals surface area contributed by atoms with Crippen molar-refractivity contribution in [3.05, 3.63) is 93.8 Å². The van der Waals surface area contributed by atoms with E-state index in [9.17, 15) is 14.7 Å². The highest BCUT2D eigenvalue weighted by atomic mass is 28.4. The Morgan fingerprint density at radius 1 is 1.00 bits per heavy atom. The fraction of sp³-hybridized carbons (Fsp3) is 0.385. The fourth-order valence-corrected chi connectivity index (χ4v) is 9.50. The van der Waals surface area contributed by atoms with Gasteiger partial charge in [0.15, 0.2) is 6.23 Å². The minimum Gasteiger partial charge on any atom is -0.405 e. The summed E-state index contributed by atoms with van der Waals surface area (Å²) in [6.07, 6.45) is -2.17. The summed E-state index contributed by atoms with van der Waals surface area (Å²) in [5.74, 6) is 0. The number of benzene rings is 2. The van der Waals surface area contributed by atoms with Gasteiger partial charge in [0.1, 0.15) is 18.3 Å². The van der Waals surface area contributed by atoms with Crippen LogP contribution in [0.15, 0.2) is 82.5 Å². The molecule has 1 aliphatic rings. The second-order valence-corrected chi connectivity index (χ2v) is 14.1. The Labute approximate surface area is 205 Å². The largest absolute Gasteiger partial charge is 0.405 e. The summed E-state index contributed by atoms with van der Waals surface area (Å²) in [5.41, 5.74) is -1.14. The molecule has 4 atom stereocenters. The number of H-pyrrole nitrogens is 1. The number of nitrogens with one attached hydrogen (secondary N) is 1. The van der Waals surface area contributed by atoms with Crippen molar-refractivity contribution < 1.29 is 19.0 Å². The molecular weight excluding hydrogens is 464 g/mol. The van der Waals surface area contributed by atoms with Crippen LogP contribution in [0.5, 0.6) is 0 Å². The predicted octanol–water partition coefficient (Wildman–Crippen LogP) is 1.39. The van der Waals surface area contributed by atoms with Crippen LogP contribution in [-0.4, -0.2) is 55.0 Å². The Kier molecular flexibility index (Phi) is 7.25. The maximum atomic E-state index is 12.4. The number of methoxy groups -OCH3 is 1. The van der Waals surface area contributed by atoms with E-state index < -0.39 is 44.1 Å². The van der Waals surface area contributed by atoms with E-state index in [1.54, 1.807) is 0 Å². The van der Waals surface area contributed by atoms with Crippen molar-refractivity contribution in [2.45, 2.75) is 50.3 Å². The number of nitrogens with zero attached hydrogens (tertiary/aromatic N) is 1. The number of hydrogen-bond acceptors (Lipinski definition) is 6. The van der Waals surface area contributed by atoms with Crippen LogP contribution >= 0.6 is 0 Å². The number of aromatic amines is 1. The van der Waals surface area contributed by atoms with Gasteiger partial charge >= 0.3 is 5.69 Å². The number of aliphatic hydroxyl groups is 1. The summed E-state index contributed by atoms with van der Waals surface area (Å²) in [4.78, 5) is 26.1. The number of rotatable bonds is 7. The number of aromatic nitrogens is 2. The van der Waals surface area contributed by atoms with Crippen LogP contribution < -0.4 is 21.6 Å². The normalized spacial score (nSPS) is 22.9. The monoisotopic (exact) mass is 496 g/mol. The first kappa shape index (κ1) is 25.3. The summed E-state index contributed by atoms with van der Waals surface area (Å²) >= 11 is 0. The topological polar surface area (TPSA) is 103 Å². The summed E-state index contributed by atoms with van der Waals surface area (Å²) in [7, 11) is -1.40. The van der Waals surface area contributed by atoms with Gasteiger partial charge in [-0.15, -0.1) is 0 Å². The third kappa shape index (κ3) is 4.70. The summed E-state index contributed by atoms with van der Waals surface area (Å²) in [5, 5.41) is 13.1. The molecule has 8 nitrogen and oxygen atoms in total. The Morgan fingerprint density at radius 3 is 2.06 bits per heavy atom. The summed E-state index contributed by atoms with van der Waals surface area (Å²) < 4.78 is 19.8. The van der Waals surface area contributed by atoms with Crippen molar-refractivity contribution in [1.82, 2.24) is 9.55 Å². The average Bonchev–Trinajstić information content (AvgIpc) is 3.15. The molecule has 1 saturated heterocycles. The van der Waals surface area contributed by atoms with Crippen molar-refractivity contribution >= 4 is 18.7 Å². The van der Waals surface area contributed by atoms with E-state index in [-0.39, 0.29) is 11.6 Å². The predicted molar refractivity (Wildman–Crippen MR) is 136 cm³/mol. The first-order valence-corrected chi connectivity index (χ1v) is 13.5. The average molecular weight is 497 g/mol. The first-order valence-electron chi connectivity index (χ1n) is 11.6. The minimum absolute atomic E-state index is 0.100. The highest BCUT2D eigenvalue weighted by Crippen LogP contribution is 2.38. The standard InChI is InChI=1S/C26H32N2O6Si/c1-26(2,3)35(18-11-7-5-8-12-18,19-13-9-6-10-14-19)33-17-20-22(30)23(32-4)24(34-20)28-16-15-21(29)27-25(28)31/h5-16,20,22-24,30H,17H2,1-4H3,(H,27,29,31)/t20-,22?,23?,24-/m0/s1. The third-order valence-electron chi connectivity index (χ3n) is 6.59. The molecule has 4 rings (SSSR count). The smallest absolute Gasteiger partial charge is 0.330 e. The second-order valence-electron chi connectivity index (χ2n) is 9.75. The Bertz CT molecular complexity index is 1200. The van der Waals surface area contributed by atoms with Gasteiger partial charge in [-0.25, -0.2) is 4.79 Å². The SMILES string of the molecule is COC1C(O)[C@H](CO[Si](c2ccccc2)(c2ccccc2)C(C)(C)C)O[C@@H]1n1ccc(=O)[nH]c1=O. The molecule has 2 heterocycles. The quantitative estimate of drug-likeness (QED) is 0.479. The first-order chi connectivity index (χ1) is 16.7. The van der Waals surface area contributed by atoms with Gasteiger partial charge in [-0.1, -0.05) is 81.4 Å². The molecule has 0 radical (unpaired) electrons. The zero-order chi connectivity index (χ0) is 25.2. The van der Waals surface area contributed by atoms with E-state index in [2.05, 4.69) is 50.0 Å². The van der Waals surface area contributed by atoms with Crippen LogP contribution in [0, 0.1) is 0 Å². The minimum atomic E-state index is -2.85. The molecule has 1 fully saturated rings. The van der Waals surface area contributed by atoms with Crippen LogP contribution in [-0.2, 0) is 13.9 Å². The zero-order valence-corrected chi connectivity index (χ0v) is 21.4. The van der Waals surface area contributed by atoms with Crippen molar-refractivity contribution in [2.75, 3.05) is 13.7 Å². The molecule has 3 aromatic rings. The Balaban J connectivity index is 1.70. The van der Waals surface area contributed by atoms with Gasteiger partial charge in [0.05, 0.1) is 6.61 Å². The third-order valence-corrected chi connectivity index (χ3v) is 11.6. The fourth-order valence-electron chi connectivity index (χ4n) is 4.93. The molecule has 1 aromatic heterocycles. The van der Waals surface area contributed by atoms with Gasteiger partial charge in [-0.3, -0.25) is 14.3 Å². The lowest BCUT2D eigenvalue weighted by Crippen LogP contribution is -2.67. The molecule has 0 bridgehead atoms. The lowest BCUT2D eigenvalue weighted by molar-refractivity contribution is -0.0610. The second kappa shape index (κ2) is 10.0. The molecule has 9 heteroatoms. The van der Waals surface area contributed by atoms with E-state index in [1.807, 2.05) is 36.4 Å². The molecule has 0 saturated carbocycles. The van der Waals surface area contributed by atoms with E-state index in [1.165, 1.54) is 23.9 Å². The maximum Gasteiger partial charge on any atom is 0.330 e. The van der Waals surface area contributed by atoms with E-state index in [0.29, 0.717) is 0 Å². The van der Waals surface area contributed by atoms with Crippen LogP contribution in [0.3, 0.4) is 0 Å². The van der Waals surface area contributed by atoms with E-state index >= 15 is 0 Å². The lowest BCUT2D eigenvalue weighted by Gasteiger charge is -2.43. The molecule has 2 N–H and O–H groups in total. The van der Waals surface area contributed by atoms with Crippen molar-refractivity contribution in [3.63, 3.8) is 0 Å². The molecule has 0 aliphatic carbocycles. The van der Waals surface area contributed by atoms with Crippen molar-refractivity contribution in [1.29, 1.82) is 0 Å². The molecule has 1 aliphatic heterocycles. The van der Waals surface area contributed by atoms with Gasteiger partial charge in [0.2, 0.25) is 0 Å². The van der Waals surface area contributed by atoms with E-state index in [4.69, 9.17) is 13.9 Å². The van der Waals surface area contributed by atoms with Gasteiger partial charge in [-0.05, 0) is 15.4 Å². The van der Waals surface area contributed by atoms with Crippen LogP contribution in [0.25, 0.3) is 0 Å². The molecular formula is C26H32N2O6Si. The highest BCUT2D eigenvalue weighted by Gasteiger charge is 2.52. The molecule has 2 unspecified atom stereocenters. The molecule has 35 heavy (non-hydrogen) atoms. The van der Waals surface area contributed by atoms with Gasteiger partial charge in [0, 0.05) is 19.4 Å².